The van der Waals surface area contributed by atoms with Crippen molar-refractivity contribution in [2.75, 3.05) is 13.1 Å². The minimum absolute atomic E-state index is 0.0167. The van der Waals surface area contributed by atoms with E-state index in [2.05, 4.69) is 15.6 Å². The Labute approximate surface area is 133 Å². The van der Waals surface area contributed by atoms with E-state index < -0.39 is 0 Å². The molecule has 0 saturated carbocycles. The highest BCUT2D eigenvalue weighted by atomic mass is 32.1. The molecule has 1 aromatic carbocycles. The number of carbonyl (C=O) groups is 2. The van der Waals surface area contributed by atoms with E-state index in [0.29, 0.717) is 6.54 Å². The van der Waals surface area contributed by atoms with Gasteiger partial charge in [-0.05, 0) is 19.4 Å². The molecule has 0 radical (unpaired) electrons. The summed E-state index contributed by atoms with van der Waals surface area (Å²) >= 11 is 1.61. The first-order valence-electron chi connectivity index (χ1n) is 7.13. The summed E-state index contributed by atoms with van der Waals surface area (Å²) in [7, 11) is 0. The fourth-order valence-electron chi connectivity index (χ4n) is 1.98. The number of hydrogen-bond acceptors (Lipinski definition) is 4. The summed E-state index contributed by atoms with van der Waals surface area (Å²) in [5, 5.41) is 8.28. The van der Waals surface area contributed by atoms with Gasteiger partial charge < -0.3 is 10.6 Å². The Morgan fingerprint density at radius 3 is 2.45 bits per heavy atom. The topological polar surface area (TPSA) is 71.1 Å². The largest absolute Gasteiger partial charge is 0.355 e. The van der Waals surface area contributed by atoms with Crippen molar-refractivity contribution in [2.24, 2.45) is 0 Å². The number of amides is 2. The molecule has 1 aromatic heterocycles. The molecule has 2 amide bonds. The van der Waals surface area contributed by atoms with Gasteiger partial charge in [0.1, 0.15) is 0 Å². The highest BCUT2D eigenvalue weighted by Crippen LogP contribution is 2.21. The van der Waals surface area contributed by atoms with E-state index in [1.54, 1.807) is 11.3 Å². The Balaban J connectivity index is 1.88. The average molecular weight is 317 g/mol. The third-order valence-corrected chi connectivity index (χ3v) is 3.83. The molecule has 0 saturated heterocycles. The number of nitrogens with zero attached hydrogens (tertiary/aromatic N) is 1. The smallest absolute Gasteiger partial charge is 0.239 e. The van der Waals surface area contributed by atoms with Crippen LogP contribution in [0, 0.1) is 6.92 Å². The first-order valence-corrected chi connectivity index (χ1v) is 8.01. The summed E-state index contributed by atoms with van der Waals surface area (Å²) in [5.74, 6) is -0.339. The lowest BCUT2D eigenvalue weighted by molar-refractivity contribution is -0.125. The summed E-state index contributed by atoms with van der Waals surface area (Å²) < 4.78 is 0. The second kappa shape index (κ2) is 7.70. The standard InChI is InChI=1S/C16H19N3O2S/c1-3-17-16(21)9-18-15(20)8-12-4-6-13(7-5-12)14-10-22-11(2)19-14/h4-7,10H,3,8-9H2,1-2H3,(H,17,21)(H,18,20). The van der Waals surface area contributed by atoms with E-state index in [0.717, 1.165) is 21.8 Å². The highest BCUT2D eigenvalue weighted by Gasteiger charge is 2.07. The van der Waals surface area contributed by atoms with Gasteiger partial charge in [0.05, 0.1) is 23.7 Å². The average Bonchev–Trinajstić information content (AvgIpc) is 2.93. The van der Waals surface area contributed by atoms with Crippen LogP contribution in [-0.2, 0) is 16.0 Å². The lowest BCUT2D eigenvalue weighted by atomic mass is 10.1. The second-order valence-corrected chi connectivity index (χ2v) is 5.92. The zero-order valence-corrected chi connectivity index (χ0v) is 13.5. The van der Waals surface area contributed by atoms with Crippen LogP contribution in [0.1, 0.15) is 17.5 Å². The molecule has 2 rings (SSSR count). The Morgan fingerprint density at radius 1 is 1.14 bits per heavy atom. The number of benzene rings is 1. The van der Waals surface area contributed by atoms with Gasteiger partial charge in [-0.3, -0.25) is 9.59 Å². The van der Waals surface area contributed by atoms with Crippen molar-refractivity contribution in [3.05, 3.63) is 40.2 Å². The van der Waals surface area contributed by atoms with Crippen LogP contribution in [0.4, 0.5) is 0 Å². The minimum Gasteiger partial charge on any atom is -0.355 e. The van der Waals surface area contributed by atoms with Gasteiger partial charge in [-0.25, -0.2) is 4.98 Å². The van der Waals surface area contributed by atoms with E-state index >= 15 is 0 Å². The molecule has 22 heavy (non-hydrogen) atoms. The monoisotopic (exact) mass is 317 g/mol. The molecule has 0 aliphatic heterocycles. The zero-order chi connectivity index (χ0) is 15.9. The molecule has 5 nitrogen and oxygen atoms in total. The molecule has 0 atom stereocenters. The third-order valence-electron chi connectivity index (χ3n) is 3.05. The number of thiazole rings is 1. The van der Waals surface area contributed by atoms with E-state index in [9.17, 15) is 9.59 Å². The van der Waals surface area contributed by atoms with Crippen LogP contribution in [-0.4, -0.2) is 29.9 Å². The third kappa shape index (κ3) is 4.66. The Kier molecular flexibility index (Phi) is 5.66. The molecule has 116 valence electrons. The van der Waals surface area contributed by atoms with Gasteiger partial charge in [-0.1, -0.05) is 24.3 Å². The molecule has 0 bridgehead atoms. The first kappa shape index (κ1) is 16.2. The maximum atomic E-state index is 11.8. The van der Waals surface area contributed by atoms with E-state index in [1.165, 1.54) is 0 Å². The number of aromatic nitrogens is 1. The van der Waals surface area contributed by atoms with Crippen molar-refractivity contribution < 1.29 is 9.59 Å². The molecule has 0 unspecified atom stereocenters. The van der Waals surface area contributed by atoms with Crippen molar-refractivity contribution in [2.45, 2.75) is 20.3 Å². The first-order chi connectivity index (χ1) is 10.6. The van der Waals surface area contributed by atoms with Gasteiger partial charge in [0.15, 0.2) is 0 Å². The number of hydrogen-bond donors (Lipinski definition) is 2. The molecule has 0 spiro atoms. The van der Waals surface area contributed by atoms with Crippen LogP contribution in [0.5, 0.6) is 0 Å². The van der Waals surface area contributed by atoms with Crippen LogP contribution in [0.2, 0.25) is 0 Å². The number of nitrogens with one attached hydrogen (secondary N) is 2. The number of likely N-dealkylation sites (N-methyl/N-ethyl adjacent to an activating group) is 1. The molecule has 0 fully saturated rings. The van der Waals surface area contributed by atoms with Gasteiger partial charge in [-0.2, -0.15) is 0 Å². The predicted molar refractivity (Wildman–Crippen MR) is 87.7 cm³/mol. The SMILES string of the molecule is CCNC(=O)CNC(=O)Cc1ccc(-c2csc(C)n2)cc1. The van der Waals surface area contributed by atoms with Crippen LogP contribution in [0.15, 0.2) is 29.6 Å². The molecule has 0 aliphatic carbocycles. The summed E-state index contributed by atoms with van der Waals surface area (Å²) in [4.78, 5) is 27.5. The normalized spacial score (nSPS) is 10.3. The maximum Gasteiger partial charge on any atom is 0.239 e. The number of aryl methyl sites for hydroxylation is 1. The van der Waals surface area contributed by atoms with Crippen LogP contribution >= 0.6 is 11.3 Å². The predicted octanol–water partition coefficient (Wildman–Crippen LogP) is 1.91. The maximum absolute atomic E-state index is 11.8. The van der Waals surface area contributed by atoms with Crippen LogP contribution in [0.3, 0.4) is 0 Å². The summed E-state index contributed by atoms with van der Waals surface area (Å²) in [6, 6.07) is 7.74. The van der Waals surface area contributed by atoms with Gasteiger partial charge in [0.25, 0.3) is 0 Å². The fraction of sp³-hybridized carbons (Fsp3) is 0.312. The number of rotatable bonds is 6. The lowest BCUT2D eigenvalue weighted by Gasteiger charge is -2.06. The van der Waals surface area contributed by atoms with Crippen molar-refractivity contribution >= 4 is 23.2 Å². The zero-order valence-electron chi connectivity index (χ0n) is 12.7. The fourth-order valence-corrected chi connectivity index (χ4v) is 2.60. The molecule has 2 aromatic rings. The Morgan fingerprint density at radius 2 is 1.86 bits per heavy atom. The quantitative estimate of drug-likeness (QED) is 0.855. The molecule has 0 aliphatic rings. The lowest BCUT2D eigenvalue weighted by Crippen LogP contribution is -2.37. The summed E-state index contributed by atoms with van der Waals surface area (Å²) in [6.07, 6.45) is 0.260. The van der Waals surface area contributed by atoms with E-state index in [1.807, 2.05) is 43.5 Å². The van der Waals surface area contributed by atoms with Crippen molar-refractivity contribution in [1.82, 2.24) is 15.6 Å². The molecule has 6 heteroatoms. The molecular weight excluding hydrogens is 298 g/mol. The minimum atomic E-state index is -0.176. The number of carbonyl (C=O) groups excluding carboxylic acids is 2. The van der Waals surface area contributed by atoms with E-state index in [-0.39, 0.29) is 24.8 Å². The Hall–Kier alpha value is -2.21. The summed E-state index contributed by atoms with van der Waals surface area (Å²) in [6.45, 7) is 4.39. The highest BCUT2D eigenvalue weighted by molar-refractivity contribution is 7.09. The van der Waals surface area contributed by atoms with Gasteiger partial charge in [-0.15, -0.1) is 11.3 Å². The van der Waals surface area contributed by atoms with Crippen LogP contribution in [0.25, 0.3) is 11.3 Å². The van der Waals surface area contributed by atoms with Crippen molar-refractivity contribution in [3.8, 4) is 11.3 Å². The summed E-state index contributed by atoms with van der Waals surface area (Å²) in [5.41, 5.74) is 2.90. The van der Waals surface area contributed by atoms with Crippen LogP contribution < -0.4 is 10.6 Å². The molecule has 2 N–H and O–H groups in total. The van der Waals surface area contributed by atoms with Crippen molar-refractivity contribution in [1.29, 1.82) is 0 Å². The molecule has 1 heterocycles. The Bertz CT molecular complexity index is 650. The van der Waals surface area contributed by atoms with E-state index in [4.69, 9.17) is 0 Å². The van der Waals surface area contributed by atoms with Gasteiger partial charge in [0.2, 0.25) is 11.8 Å². The van der Waals surface area contributed by atoms with Crippen molar-refractivity contribution in [3.63, 3.8) is 0 Å². The van der Waals surface area contributed by atoms with Gasteiger partial charge >= 0.3 is 0 Å². The molecular formula is C16H19N3O2S. The van der Waals surface area contributed by atoms with Gasteiger partial charge in [0, 0.05) is 17.5 Å². The second-order valence-electron chi connectivity index (χ2n) is 4.86.